The molecule has 0 saturated heterocycles. The van der Waals surface area contributed by atoms with Crippen LogP contribution in [0.25, 0.3) is 11.1 Å². The van der Waals surface area contributed by atoms with Crippen LogP contribution < -0.4 is 26.8 Å². The van der Waals surface area contributed by atoms with Gasteiger partial charge in [-0.05, 0) is 34.4 Å². The zero-order chi connectivity index (χ0) is 25.8. The number of aromatic nitrogens is 1. The fourth-order valence-corrected chi connectivity index (χ4v) is 4.30. The maximum atomic E-state index is 9.61. The number of hydrogen-bond acceptors (Lipinski definition) is 9. The Balaban J connectivity index is 1.58. The number of nitrogens with one attached hydrogen (secondary N) is 2. The van der Waals surface area contributed by atoms with E-state index in [0.29, 0.717) is 18.0 Å². The lowest BCUT2D eigenvalue weighted by Crippen LogP contribution is -2.32. The van der Waals surface area contributed by atoms with Crippen LogP contribution >= 0.6 is 0 Å². The topological polar surface area (TPSA) is 158 Å². The van der Waals surface area contributed by atoms with Gasteiger partial charge in [0.25, 0.3) is 0 Å². The summed E-state index contributed by atoms with van der Waals surface area (Å²) in [6.45, 7) is 0.446. The molecule has 0 saturated carbocycles. The average Bonchev–Trinajstić information content (AvgIpc) is 2.92. The lowest BCUT2D eigenvalue weighted by Gasteiger charge is -2.27. The van der Waals surface area contributed by atoms with Crippen LogP contribution in [0.15, 0.2) is 83.9 Å². The first kappa shape index (κ1) is 23.2. The molecule has 1 unspecified atom stereocenters. The summed E-state index contributed by atoms with van der Waals surface area (Å²) in [6.07, 6.45) is 1.87. The molecule has 0 fully saturated rings. The molecule has 5 rings (SSSR count). The van der Waals surface area contributed by atoms with Gasteiger partial charge in [0.2, 0.25) is 5.96 Å². The zero-order valence-corrected chi connectivity index (χ0v) is 19.6. The fourth-order valence-electron chi connectivity index (χ4n) is 4.30. The van der Waals surface area contributed by atoms with Crippen molar-refractivity contribution in [2.45, 2.75) is 12.6 Å². The Bertz CT molecular complexity index is 1580. The van der Waals surface area contributed by atoms with Gasteiger partial charge in [-0.15, -0.1) is 0 Å². The molecule has 2 heterocycles. The molecule has 0 aliphatic carbocycles. The summed E-state index contributed by atoms with van der Waals surface area (Å²) in [7, 11) is 0. The molecular formula is C28H22N8O. The summed E-state index contributed by atoms with van der Waals surface area (Å²) in [5.74, 6) is 1.25. The minimum atomic E-state index is -0.655. The third kappa shape index (κ3) is 4.57. The summed E-state index contributed by atoms with van der Waals surface area (Å²) < 4.78 is 6.04. The van der Waals surface area contributed by atoms with E-state index in [2.05, 4.69) is 15.6 Å². The van der Waals surface area contributed by atoms with Gasteiger partial charge in [-0.25, -0.2) is 9.98 Å². The van der Waals surface area contributed by atoms with Gasteiger partial charge in [-0.3, -0.25) is 5.32 Å². The number of guanidine groups is 1. The van der Waals surface area contributed by atoms with Crippen LogP contribution in [0.5, 0.6) is 5.75 Å². The Kier molecular flexibility index (Phi) is 6.26. The van der Waals surface area contributed by atoms with E-state index in [9.17, 15) is 10.5 Å². The number of fused-ring (bicyclic) bond motifs is 1. The quantitative estimate of drug-likeness (QED) is 0.240. The van der Waals surface area contributed by atoms with Crippen LogP contribution in [0.1, 0.15) is 28.3 Å². The molecule has 3 aromatic carbocycles. The van der Waals surface area contributed by atoms with E-state index in [1.54, 1.807) is 0 Å². The maximum absolute atomic E-state index is 9.61. The van der Waals surface area contributed by atoms with Crippen LogP contribution in [0, 0.1) is 22.8 Å². The molecule has 1 aliphatic rings. The molecule has 6 N–H and O–H groups in total. The average molecular weight is 487 g/mol. The van der Waals surface area contributed by atoms with E-state index in [-0.39, 0.29) is 23.0 Å². The number of anilines is 3. The van der Waals surface area contributed by atoms with E-state index >= 15 is 0 Å². The molecule has 180 valence electrons. The monoisotopic (exact) mass is 486 g/mol. The first-order chi connectivity index (χ1) is 18.1. The normalized spacial score (nSPS) is 13.8. The second-order valence-electron chi connectivity index (χ2n) is 8.29. The van der Waals surface area contributed by atoms with E-state index in [0.717, 1.165) is 28.0 Å². The number of nitrogen functional groups attached to an aromatic ring is 2. The van der Waals surface area contributed by atoms with Crippen LogP contribution in [0.3, 0.4) is 0 Å². The Morgan fingerprint density at radius 3 is 2.54 bits per heavy atom. The van der Waals surface area contributed by atoms with Crippen LogP contribution in [-0.4, -0.2) is 10.9 Å². The molecule has 1 atom stereocenters. The molecule has 0 bridgehead atoms. The highest BCUT2D eigenvalue weighted by molar-refractivity contribution is 5.98. The van der Waals surface area contributed by atoms with Crippen molar-refractivity contribution in [2.24, 2.45) is 4.99 Å². The third-order valence-electron chi connectivity index (χ3n) is 6.01. The standard InChI is InChI=1S/C28H22N8O/c29-14-22-24(31)23-25(34-28(33-16-30)36-27(23)35-26(22)32)21-12-5-4-11-20(21)18-9-6-10-19(13-18)37-15-17-7-2-1-3-8-17/h1-13,25H,15H2,(H6,31,32,33,34,35,36). The number of nitrogens with zero attached hydrogens (tertiary/aromatic N) is 4. The van der Waals surface area contributed by atoms with E-state index in [1.807, 2.05) is 91.1 Å². The van der Waals surface area contributed by atoms with E-state index in [1.165, 1.54) is 0 Å². The molecule has 0 radical (unpaired) electrons. The smallest absolute Gasteiger partial charge is 0.211 e. The first-order valence-corrected chi connectivity index (χ1v) is 11.4. The highest BCUT2D eigenvalue weighted by atomic mass is 16.5. The van der Waals surface area contributed by atoms with Crippen molar-refractivity contribution >= 4 is 23.3 Å². The van der Waals surface area contributed by atoms with Crippen molar-refractivity contribution in [1.82, 2.24) is 10.3 Å². The van der Waals surface area contributed by atoms with Crippen molar-refractivity contribution in [3.05, 3.63) is 101 Å². The van der Waals surface area contributed by atoms with Crippen molar-refractivity contribution in [3.63, 3.8) is 0 Å². The number of benzene rings is 3. The molecule has 9 nitrogen and oxygen atoms in total. The molecule has 37 heavy (non-hydrogen) atoms. The Morgan fingerprint density at radius 2 is 1.76 bits per heavy atom. The second kappa shape index (κ2) is 9.98. The highest BCUT2D eigenvalue weighted by Crippen LogP contribution is 2.43. The van der Waals surface area contributed by atoms with E-state index in [4.69, 9.17) is 21.2 Å². The molecular weight excluding hydrogens is 464 g/mol. The van der Waals surface area contributed by atoms with Gasteiger partial charge >= 0.3 is 0 Å². The molecule has 9 heteroatoms. The molecule has 4 aromatic rings. The fraction of sp³-hybridized carbons (Fsp3) is 0.0714. The Morgan fingerprint density at radius 1 is 0.973 bits per heavy atom. The van der Waals surface area contributed by atoms with Gasteiger partial charge < -0.3 is 21.5 Å². The zero-order valence-electron chi connectivity index (χ0n) is 19.6. The summed E-state index contributed by atoms with van der Waals surface area (Å²) in [5.41, 5.74) is 16.9. The summed E-state index contributed by atoms with van der Waals surface area (Å²) >= 11 is 0. The second-order valence-corrected chi connectivity index (χ2v) is 8.29. The van der Waals surface area contributed by atoms with Gasteiger partial charge in [0.1, 0.15) is 41.7 Å². The number of pyridine rings is 1. The van der Waals surface area contributed by atoms with Gasteiger partial charge in [-0.1, -0.05) is 66.7 Å². The van der Waals surface area contributed by atoms with Crippen LogP contribution in [0.4, 0.5) is 17.3 Å². The lowest BCUT2D eigenvalue weighted by atomic mass is 9.89. The Labute approximate surface area is 213 Å². The van der Waals surface area contributed by atoms with Crippen LogP contribution in [0.2, 0.25) is 0 Å². The number of hydrogen-bond donors (Lipinski definition) is 4. The van der Waals surface area contributed by atoms with Gasteiger partial charge in [0.15, 0.2) is 6.19 Å². The largest absolute Gasteiger partial charge is 0.489 e. The Hall–Kier alpha value is -5.54. The van der Waals surface area contributed by atoms with Crippen molar-refractivity contribution in [2.75, 3.05) is 16.8 Å². The molecule has 0 amide bonds. The molecule has 1 aliphatic heterocycles. The van der Waals surface area contributed by atoms with E-state index < -0.39 is 6.04 Å². The van der Waals surface area contributed by atoms with Gasteiger partial charge in [0.05, 0.1) is 5.69 Å². The summed E-state index contributed by atoms with van der Waals surface area (Å²) in [6, 6.07) is 26.9. The summed E-state index contributed by atoms with van der Waals surface area (Å²) in [5, 5.41) is 24.3. The lowest BCUT2D eigenvalue weighted by molar-refractivity contribution is 0.306. The predicted molar refractivity (Wildman–Crippen MR) is 142 cm³/mol. The van der Waals surface area contributed by atoms with Crippen molar-refractivity contribution < 1.29 is 4.74 Å². The number of nitriles is 2. The first-order valence-electron chi connectivity index (χ1n) is 11.4. The number of ether oxygens (including phenoxy) is 1. The van der Waals surface area contributed by atoms with Crippen LogP contribution in [-0.2, 0) is 6.61 Å². The molecule has 1 aromatic heterocycles. The minimum absolute atomic E-state index is 0.000223. The maximum Gasteiger partial charge on any atom is 0.211 e. The number of nitrogens with two attached hydrogens (primary N) is 2. The highest BCUT2D eigenvalue weighted by Gasteiger charge is 2.31. The predicted octanol–water partition coefficient (Wildman–Crippen LogP) is 4.31. The SMILES string of the molecule is N#CNC1=NC(c2ccccc2-c2cccc(OCc3ccccc3)c2)c2c(nc(N)c(C#N)c2N)N1. The number of aliphatic imine (C=N–C) groups is 1. The van der Waals surface area contributed by atoms with Gasteiger partial charge in [-0.2, -0.15) is 10.5 Å². The molecule has 0 spiro atoms. The van der Waals surface area contributed by atoms with Crippen molar-refractivity contribution in [3.8, 4) is 29.1 Å². The number of rotatable bonds is 5. The third-order valence-corrected chi connectivity index (χ3v) is 6.01. The van der Waals surface area contributed by atoms with Crippen molar-refractivity contribution in [1.29, 1.82) is 10.5 Å². The summed E-state index contributed by atoms with van der Waals surface area (Å²) in [4.78, 5) is 9.04. The minimum Gasteiger partial charge on any atom is -0.489 e. The van der Waals surface area contributed by atoms with Gasteiger partial charge in [0, 0.05) is 5.56 Å².